The molecule has 1 aromatic heterocycles. The molecule has 1 fully saturated rings. The molecule has 0 amide bonds. The monoisotopic (exact) mass is 338 g/mol. The number of nitrogens with two attached hydrogens (primary N) is 1. The molecule has 0 atom stereocenters. The number of hydrogen-bond acceptors (Lipinski definition) is 4. The van der Waals surface area contributed by atoms with E-state index < -0.39 is 0 Å². The van der Waals surface area contributed by atoms with Crippen molar-refractivity contribution in [1.82, 2.24) is 4.98 Å². The van der Waals surface area contributed by atoms with Gasteiger partial charge in [0.2, 0.25) is 0 Å². The first-order valence-electron chi connectivity index (χ1n) is 6.25. The summed E-state index contributed by atoms with van der Waals surface area (Å²) in [7, 11) is 1.68. The van der Waals surface area contributed by atoms with Crippen molar-refractivity contribution in [1.29, 1.82) is 0 Å². The Morgan fingerprint density at radius 2 is 2.26 bits per heavy atom. The lowest BCUT2D eigenvalue weighted by atomic mass is 10.1. The highest BCUT2D eigenvalue weighted by Gasteiger charge is 2.29. The minimum Gasteiger partial charge on any atom is -0.496 e. The van der Waals surface area contributed by atoms with Gasteiger partial charge in [0, 0.05) is 17.2 Å². The van der Waals surface area contributed by atoms with Gasteiger partial charge in [0.1, 0.15) is 5.75 Å². The summed E-state index contributed by atoms with van der Waals surface area (Å²) in [6.07, 6.45) is 3.38. The maximum atomic E-state index is 5.85. The molecule has 0 spiro atoms. The number of anilines is 1. The van der Waals surface area contributed by atoms with Crippen molar-refractivity contribution >= 4 is 32.4 Å². The second kappa shape index (κ2) is 5.13. The van der Waals surface area contributed by atoms with Gasteiger partial charge in [-0.3, -0.25) is 0 Å². The quantitative estimate of drug-likeness (QED) is 0.917. The van der Waals surface area contributed by atoms with Crippen LogP contribution in [0.25, 0.3) is 0 Å². The highest BCUT2D eigenvalue weighted by atomic mass is 79.9. The fourth-order valence-corrected chi connectivity index (χ4v) is 3.54. The fourth-order valence-electron chi connectivity index (χ4n) is 2.18. The lowest BCUT2D eigenvalue weighted by Crippen LogP contribution is -1.93. The normalized spacial score (nSPS) is 14.6. The number of aromatic nitrogens is 1. The van der Waals surface area contributed by atoms with Crippen LogP contribution in [0.1, 0.15) is 34.9 Å². The van der Waals surface area contributed by atoms with Crippen LogP contribution >= 0.6 is 27.3 Å². The summed E-state index contributed by atoms with van der Waals surface area (Å²) in [5.41, 5.74) is 8.29. The number of halogens is 1. The van der Waals surface area contributed by atoms with E-state index in [0.717, 1.165) is 16.6 Å². The van der Waals surface area contributed by atoms with Crippen LogP contribution in [-0.4, -0.2) is 12.1 Å². The molecular formula is C14H15BrN2OS. The van der Waals surface area contributed by atoms with Crippen molar-refractivity contribution in [3.8, 4) is 5.75 Å². The molecule has 2 N–H and O–H groups in total. The Labute approximate surface area is 124 Å². The average molecular weight is 339 g/mol. The number of benzene rings is 1. The molecule has 0 saturated heterocycles. The number of thiazole rings is 1. The van der Waals surface area contributed by atoms with Gasteiger partial charge in [0.05, 0.1) is 17.3 Å². The predicted molar refractivity (Wildman–Crippen MR) is 82.0 cm³/mol. The summed E-state index contributed by atoms with van der Waals surface area (Å²) in [6, 6.07) is 6.20. The number of rotatable bonds is 4. The fraction of sp³-hybridized carbons (Fsp3) is 0.357. The molecule has 3 rings (SSSR count). The van der Waals surface area contributed by atoms with Gasteiger partial charge in [-0.25, -0.2) is 4.98 Å². The van der Waals surface area contributed by atoms with Gasteiger partial charge in [-0.05, 0) is 46.5 Å². The number of nitrogen functional groups attached to an aromatic ring is 1. The Kier molecular flexibility index (Phi) is 3.50. The topological polar surface area (TPSA) is 48.1 Å². The van der Waals surface area contributed by atoms with Crippen LogP contribution in [0.15, 0.2) is 22.7 Å². The maximum Gasteiger partial charge on any atom is 0.180 e. The number of nitrogens with zero attached hydrogens (tertiary/aromatic N) is 1. The van der Waals surface area contributed by atoms with Gasteiger partial charge in [0.25, 0.3) is 0 Å². The Morgan fingerprint density at radius 3 is 2.95 bits per heavy atom. The molecule has 1 saturated carbocycles. The van der Waals surface area contributed by atoms with Crippen molar-refractivity contribution in [2.45, 2.75) is 25.2 Å². The second-order valence-electron chi connectivity index (χ2n) is 4.78. The zero-order chi connectivity index (χ0) is 13.4. The average Bonchev–Trinajstić information content (AvgIpc) is 3.17. The van der Waals surface area contributed by atoms with Crippen LogP contribution in [0.4, 0.5) is 5.13 Å². The first kappa shape index (κ1) is 12.9. The van der Waals surface area contributed by atoms with Gasteiger partial charge in [-0.15, -0.1) is 11.3 Å². The van der Waals surface area contributed by atoms with E-state index in [1.165, 1.54) is 29.0 Å². The third-order valence-electron chi connectivity index (χ3n) is 3.29. The van der Waals surface area contributed by atoms with E-state index in [4.69, 9.17) is 10.5 Å². The minimum absolute atomic E-state index is 0.640. The number of ether oxygens (including phenoxy) is 1. The van der Waals surface area contributed by atoms with Crippen LogP contribution in [-0.2, 0) is 6.42 Å². The van der Waals surface area contributed by atoms with Gasteiger partial charge in [-0.2, -0.15) is 0 Å². The SMILES string of the molecule is COc1cc(Cc2sc(N)nc2C2CC2)ccc1Br. The molecule has 3 nitrogen and oxygen atoms in total. The molecule has 5 heteroatoms. The van der Waals surface area contributed by atoms with Crippen molar-refractivity contribution in [3.63, 3.8) is 0 Å². The third-order valence-corrected chi connectivity index (χ3v) is 4.84. The lowest BCUT2D eigenvalue weighted by Gasteiger charge is -2.06. The molecule has 19 heavy (non-hydrogen) atoms. The van der Waals surface area contributed by atoms with Crippen molar-refractivity contribution in [2.24, 2.45) is 0 Å². The highest BCUT2D eigenvalue weighted by Crippen LogP contribution is 2.43. The Balaban J connectivity index is 1.88. The van der Waals surface area contributed by atoms with Gasteiger partial charge in [-0.1, -0.05) is 6.07 Å². The van der Waals surface area contributed by atoms with Crippen LogP contribution in [0, 0.1) is 0 Å². The largest absolute Gasteiger partial charge is 0.496 e. The van der Waals surface area contributed by atoms with E-state index in [-0.39, 0.29) is 0 Å². The molecule has 0 aliphatic heterocycles. The molecule has 1 aliphatic carbocycles. The van der Waals surface area contributed by atoms with Crippen LogP contribution in [0.2, 0.25) is 0 Å². The third kappa shape index (κ3) is 2.77. The Hall–Kier alpha value is -1.07. The highest BCUT2D eigenvalue weighted by molar-refractivity contribution is 9.10. The Morgan fingerprint density at radius 1 is 1.47 bits per heavy atom. The zero-order valence-corrected chi connectivity index (χ0v) is 13.1. The molecule has 1 heterocycles. The number of methoxy groups -OCH3 is 1. The van der Waals surface area contributed by atoms with Gasteiger partial charge < -0.3 is 10.5 Å². The molecule has 1 aliphatic rings. The number of hydrogen-bond donors (Lipinski definition) is 1. The summed E-state index contributed by atoms with van der Waals surface area (Å²) < 4.78 is 6.31. The van der Waals surface area contributed by atoms with E-state index in [1.54, 1.807) is 18.4 Å². The predicted octanol–water partition coefficient (Wildman–Crippen LogP) is 3.96. The first-order valence-corrected chi connectivity index (χ1v) is 7.86. The van der Waals surface area contributed by atoms with Gasteiger partial charge >= 0.3 is 0 Å². The standard InChI is InChI=1S/C14H15BrN2OS/c1-18-11-6-8(2-5-10(11)15)7-12-13(9-3-4-9)17-14(16)19-12/h2,5-6,9H,3-4,7H2,1H3,(H2,16,17). The van der Waals surface area contributed by atoms with E-state index in [0.29, 0.717) is 11.0 Å². The van der Waals surface area contributed by atoms with E-state index in [2.05, 4.69) is 33.0 Å². The molecule has 0 unspecified atom stereocenters. The van der Waals surface area contributed by atoms with Crippen LogP contribution in [0.5, 0.6) is 5.75 Å². The summed E-state index contributed by atoms with van der Waals surface area (Å²) in [4.78, 5) is 5.78. The van der Waals surface area contributed by atoms with Crippen molar-refractivity contribution in [3.05, 3.63) is 38.8 Å². The maximum absolute atomic E-state index is 5.85. The summed E-state index contributed by atoms with van der Waals surface area (Å²) in [5, 5.41) is 0.681. The molecule has 0 bridgehead atoms. The van der Waals surface area contributed by atoms with E-state index >= 15 is 0 Å². The van der Waals surface area contributed by atoms with Crippen molar-refractivity contribution in [2.75, 3.05) is 12.8 Å². The van der Waals surface area contributed by atoms with Gasteiger partial charge in [0.15, 0.2) is 5.13 Å². The van der Waals surface area contributed by atoms with E-state index in [9.17, 15) is 0 Å². The lowest BCUT2D eigenvalue weighted by molar-refractivity contribution is 0.411. The first-order chi connectivity index (χ1) is 9.17. The molecule has 2 aromatic rings. The molecular weight excluding hydrogens is 324 g/mol. The minimum atomic E-state index is 0.640. The molecule has 100 valence electrons. The van der Waals surface area contributed by atoms with Crippen LogP contribution in [0.3, 0.4) is 0 Å². The van der Waals surface area contributed by atoms with Crippen LogP contribution < -0.4 is 10.5 Å². The smallest absolute Gasteiger partial charge is 0.180 e. The molecule has 1 aromatic carbocycles. The van der Waals surface area contributed by atoms with E-state index in [1.807, 2.05) is 6.07 Å². The Bertz CT molecular complexity index is 607. The summed E-state index contributed by atoms with van der Waals surface area (Å²) >= 11 is 5.08. The second-order valence-corrected chi connectivity index (χ2v) is 6.75. The van der Waals surface area contributed by atoms with Crippen molar-refractivity contribution < 1.29 is 4.74 Å². The zero-order valence-electron chi connectivity index (χ0n) is 10.6. The summed E-state index contributed by atoms with van der Waals surface area (Å²) in [5.74, 6) is 1.50. The molecule has 0 radical (unpaired) electrons. The summed E-state index contributed by atoms with van der Waals surface area (Å²) in [6.45, 7) is 0.